The van der Waals surface area contributed by atoms with E-state index in [1.165, 1.54) is 6.07 Å². The molecular formula is C25H26BrF2N3O2. The molecule has 1 aliphatic heterocycles. The van der Waals surface area contributed by atoms with E-state index in [0.717, 1.165) is 65.6 Å². The van der Waals surface area contributed by atoms with Crippen LogP contribution in [0, 0.1) is 11.6 Å². The standard InChI is InChI=1S/C25H26BrF2N3O2/c1-33-18-9-6-16(7-10-18)31-22-12-5-15(26)13-21(22)29-25(31)23-3-2-4-24(32)30(23)17-8-11-19(27)20(28)14-17/h5,8,11-14,16,18,23H,2-4,6-7,9-10H2,1H3/t16?,18?,23-/m0/s1. The minimum atomic E-state index is -0.958. The third kappa shape index (κ3) is 4.19. The first-order valence-corrected chi connectivity index (χ1v) is 12.2. The average Bonchev–Trinajstić information content (AvgIpc) is 3.19. The van der Waals surface area contributed by atoms with Crippen LogP contribution in [0.5, 0.6) is 0 Å². The van der Waals surface area contributed by atoms with Gasteiger partial charge in [-0.15, -0.1) is 0 Å². The number of methoxy groups -OCH3 is 1. The van der Waals surface area contributed by atoms with Crippen molar-refractivity contribution in [1.82, 2.24) is 9.55 Å². The largest absolute Gasteiger partial charge is 0.381 e. The molecule has 1 saturated carbocycles. The number of fused-ring (bicyclic) bond motifs is 1. The van der Waals surface area contributed by atoms with Crippen LogP contribution in [-0.4, -0.2) is 28.7 Å². The molecule has 2 heterocycles. The highest BCUT2D eigenvalue weighted by atomic mass is 79.9. The highest BCUT2D eigenvalue weighted by Crippen LogP contribution is 2.41. The van der Waals surface area contributed by atoms with Crippen molar-refractivity contribution in [2.75, 3.05) is 12.0 Å². The molecule has 0 N–H and O–H groups in total. The van der Waals surface area contributed by atoms with Crippen molar-refractivity contribution in [1.29, 1.82) is 0 Å². The van der Waals surface area contributed by atoms with E-state index < -0.39 is 11.6 Å². The highest BCUT2D eigenvalue weighted by Gasteiger charge is 2.36. The van der Waals surface area contributed by atoms with Gasteiger partial charge in [-0.1, -0.05) is 15.9 Å². The third-order valence-corrected chi connectivity index (χ3v) is 7.44. The number of hydrogen-bond acceptors (Lipinski definition) is 3. The molecule has 5 nitrogen and oxygen atoms in total. The summed E-state index contributed by atoms with van der Waals surface area (Å²) in [5.41, 5.74) is 2.25. The molecule has 2 aliphatic rings. The number of halogens is 3. The summed E-state index contributed by atoms with van der Waals surface area (Å²) >= 11 is 3.54. The topological polar surface area (TPSA) is 47.4 Å². The summed E-state index contributed by atoms with van der Waals surface area (Å²) in [6.45, 7) is 0. The highest BCUT2D eigenvalue weighted by molar-refractivity contribution is 9.10. The van der Waals surface area contributed by atoms with Crippen molar-refractivity contribution in [3.05, 3.63) is 58.3 Å². The molecule has 1 amide bonds. The minimum absolute atomic E-state index is 0.0971. The number of aromatic nitrogens is 2. The van der Waals surface area contributed by atoms with Crippen molar-refractivity contribution in [2.45, 2.75) is 63.1 Å². The first-order valence-electron chi connectivity index (χ1n) is 11.4. The van der Waals surface area contributed by atoms with Gasteiger partial charge in [-0.25, -0.2) is 13.8 Å². The van der Waals surface area contributed by atoms with Crippen LogP contribution < -0.4 is 4.90 Å². The molecule has 2 fully saturated rings. The number of carbonyl (C=O) groups is 1. The van der Waals surface area contributed by atoms with E-state index in [-0.39, 0.29) is 24.1 Å². The number of amides is 1. The lowest BCUT2D eigenvalue weighted by Crippen LogP contribution is -2.40. The molecule has 0 unspecified atom stereocenters. The molecular weight excluding hydrogens is 492 g/mol. The normalized spacial score (nSPS) is 23.9. The molecule has 3 aromatic rings. The molecule has 1 saturated heterocycles. The van der Waals surface area contributed by atoms with E-state index in [1.54, 1.807) is 12.0 Å². The van der Waals surface area contributed by atoms with E-state index in [4.69, 9.17) is 9.72 Å². The Morgan fingerprint density at radius 1 is 1.03 bits per heavy atom. The van der Waals surface area contributed by atoms with Crippen molar-refractivity contribution in [3.63, 3.8) is 0 Å². The van der Waals surface area contributed by atoms with Crippen LogP contribution >= 0.6 is 15.9 Å². The second-order valence-electron chi connectivity index (χ2n) is 8.91. The zero-order valence-corrected chi connectivity index (χ0v) is 20.0. The number of imidazole rings is 1. The summed E-state index contributed by atoms with van der Waals surface area (Å²) in [6, 6.07) is 9.61. The monoisotopic (exact) mass is 517 g/mol. The van der Waals surface area contributed by atoms with E-state index in [9.17, 15) is 13.6 Å². The van der Waals surface area contributed by atoms with Crippen molar-refractivity contribution >= 4 is 38.6 Å². The molecule has 1 atom stereocenters. The maximum atomic E-state index is 14.1. The summed E-state index contributed by atoms with van der Waals surface area (Å²) in [7, 11) is 1.76. The van der Waals surface area contributed by atoms with Gasteiger partial charge in [0.25, 0.3) is 0 Å². The summed E-state index contributed by atoms with van der Waals surface area (Å²) in [5, 5.41) is 0. The number of piperidine rings is 1. The molecule has 0 radical (unpaired) electrons. The molecule has 8 heteroatoms. The Morgan fingerprint density at radius 2 is 1.82 bits per heavy atom. The Kier molecular flexibility index (Phi) is 6.22. The maximum absolute atomic E-state index is 14.1. The van der Waals surface area contributed by atoms with Crippen LogP contribution in [0.3, 0.4) is 0 Å². The first kappa shape index (κ1) is 22.5. The van der Waals surface area contributed by atoms with Crippen LogP contribution in [0.15, 0.2) is 40.9 Å². The number of hydrogen-bond donors (Lipinski definition) is 0. The molecule has 0 spiro atoms. The lowest BCUT2D eigenvalue weighted by molar-refractivity contribution is -0.120. The van der Waals surface area contributed by atoms with E-state index in [2.05, 4.69) is 26.6 Å². The fourth-order valence-corrected chi connectivity index (χ4v) is 5.67. The van der Waals surface area contributed by atoms with Crippen molar-refractivity contribution in [2.24, 2.45) is 0 Å². The second kappa shape index (κ2) is 9.14. The van der Waals surface area contributed by atoms with Gasteiger partial charge in [-0.2, -0.15) is 0 Å². The van der Waals surface area contributed by atoms with Gasteiger partial charge in [0.05, 0.1) is 23.2 Å². The van der Waals surface area contributed by atoms with Crippen LogP contribution in [0.2, 0.25) is 0 Å². The fraction of sp³-hybridized carbons (Fsp3) is 0.440. The molecule has 2 aromatic carbocycles. The Hall–Kier alpha value is -2.32. The Labute approximate surface area is 199 Å². The van der Waals surface area contributed by atoms with Crippen LogP contribution in [0.4, 0.5) is 14.5 Å². The first-order chi connectivity index (χ1) is 16.0. The Balaban J connectivity index is 1.62. The van der Waals surface area contributed by atoms with E-state index in [1.807, 2.05) is 12.1 Å². The van der Waals surface area contributed by atoms with Crippen molar-refractivity contribution in [3.8, 4) is 0 Å². The summed E-state index contributed by atoms with van der Waals surface area (Å²) < 4.78 is 36.5. The molecule has 0 bridgehead atoms. The number of anilines is 1. The third-order valence-electron chi connectivity index (χ3n) is 6.95. The van der Waals surface area contributed by atoms with Gasteiger partial charge in [-0.3, -0.25) is 4.79 Å². The van der Waals surface area contributed by atoms with Gasteiger partial charge in [0.1, 0.15) is 5.82 Å². The van der Waals surface area contributed by atoms with Gasteiger partial charge >= 0.3 is 0 Å². The van der Waals surface area contributed by atoms with Crippen molar-refractivity contribution < 1.29 is 18.3 Å². The van der Waals surface area contributed by atoms with Gasteiger partial charge in [0.2, 0.25) is 5.91 Å². The number of ether oxygens (including phenoxy) is 1. The molecule has 5 rings (SSSR count). The quantitative estimate of drug-likeness (QED) is 0.398. The van der Waals surface area contributed by atoms with Gasteiger partial charge in [0.15, 0.2) is 11.6 Å². The van der Waals surface area contributed by atoms with E-state index >= 15 is 0 Å². The summed E-state index contributed by atoms with van der Waals surface area (Å²) in [6.07, 6.45) is 5.93. The zero-order chi connectivity index (χ0) is 23.1. The van der Waals surface area contributed by atoms with Crippen LogP contribution in [-0.2, 0) is 9.53 Å². The SMILES string of the molecule is COC1CCC(n2c([C@@H]3CCCC(=O)N3c3ccc(F)c(F)c3)nc3cc(Br)ccc32)CC1. The van der Waals surface area contributed by atoms with Crippen LogP contribution in [0.1, 0.15) is 62.9 Å². The predicted octanol–water partition coefficient (Wildman–Crippen LogP) is 6.47. The smallest absolute Gasteiger partial charge is 0.227 e. The van der Waals surface area contributed by atoms with Gasteiger partial charge < -0.3 is 14.2 Å². The minimum Gasteiger partial charge on any atom is -0.381 e. The molecule has 1 aliphatic carbocycles. The van der Waals surface area contributed by atoms with Gasteiger partial charge in [0, 0.05) is 35.8 Å². The Morgan fingerprint density at radius 3 is 2.55 bits per heavy atom. The zero-order valence-electron chi connectivity index (χ0n) is 18.4. The lowest BCUT2D eigenvalue weighted by atomic mass is 9.92. The predicted molar refractivity (Wildman–Crippen MR) is 126 cm³/mol. The van der Waals surface area contributed by atoms with Gasteiger partial charge in [-0.05, 0) is 68.9 Å². The van der Waals surface area contributed by atoms with E-state index in [0.29, 0.717) is 18.5 Å². The molecule has 1 aromatic heterocycles. The number of nitrogens with zero attached hydrogens (tertiary/aromatic N) is 3. The number of carbonyl (C=O) groups excluding carboxylic acids is 1. The molecule has 174 valence electrons. The maximum Gasteiger partial charge on any atom is 0.227 e. The summed E-state index contributed by atoms with van der Waals surface area (Å²) in [4.78, 5) is 19.7. The lowest BCUT2D eigenvalue weighted by Gasteiger charge is -2.37. The van der Waals surface area contributed by atoms with Crippen LogP contribution in [0.25, 0.3) is 11.0 Å². The fourth-order valence-electron chi connectivity index (χ4n) is 5.32. The number of rotatable bonds is 4. The second-order valence-corrected chi connectivity index (χ2v) is 9.83. The average molecular weight is 518 g/mol. The summed E-state index contributed by atoms with van der Waals surface area (Å²) in [5.74, 6) is -1.17. The number of benzene rings is 2. The Bertz CT molecular complexity index is 1190. The molecule has 33 heavy (non-hydrogen) atoms.